The minimum atomic E-state index is -0.798. The molecule has 0 fully saturated rings. The van der Waals surface area contributed by atoms with Gasteiger partial charge in [-0.05, 0) is 47.4 Å². The standard InChI is InChI=1S/C17H19F3N4S/c18-6-9-3-11(7-19)13(8-20)12(4-9)10-1-2-14-15(5-10)25-17(23-14)24-16(21)22/h3-4,10H,1-2,5-8H2,(H4,21,22,23,24). The Bertz CT molecular complexity index is 799. The van der Waals surface area contributed by atoms with Gasteiger partial charge in [0.05, 0.1) is 5.69 Å². The van der Waals surface area contributed by atoms with Crippen molar-refractivity contribution in [2.75, 3.05) is 0 Å². The number of aliphatic imine (C=N–C) groups is 1. The Labute approximate surface area is 147 Å². The van der Waals surface area contributed by atoms with Crippen molar-refractivity contribution in [2.45, 2.75) is 45.2 Å². The van der Waals surface area contributed by atoms with E-state index >= 15 is 0 Å². The number of nitrogens with two attached hydrogens (primary N) is 2. The number of hydrogen-bond acceptors (Lipinski definition) is 3. The lowest BCUT2D eigenvalue weighted by atomic mass is 9.81. The van der Waals surface area contributed by atoms with Gasteiger partial charge >= 0.3 is 0 Å². The number of nitrogens with zero attached hydrogens (tertiary/aromatic N) is 2. The Morgan fingerprint density at radius 3 is 2.64 bits per heavy atom. The van der Waals surface area contributed by atoms with Gasteiger partial charge in [0.15, 0.2) is 5.96 Å². The fraction of sp³-hybridized carbons (Fsp3) is 0.412. The van der Waals surface area contributed by atoms with Gasteiger partial charge in [0.2, 0.25) is 5.13 Å². The molecule has 1 aliphatic carbocycles. The Morgan fingerprint density at radius 2 is 2.00 bits per heavy atom. The summed E-state index contributed by atoms with van der Waals surface area (Å²) >= 11 is 1.39. The second kappa shape index (κ2) is 7.43. The number of aromatic nitrogens is 1. The summed E-state index contributed by atoms with van der Waals surface area (Å²) in [4.78, 5) is 9.41. The van der Waals surface area contributed by atoms with Gasteiger partial charge in [0, 0.05) is 4.88 Å². The summed E-state index contributed by atoms with van der Waals surface area (Å²) in [5.41, 5.74) is 13.4. The molecular formula is C17H19F3N4S. The van der Waals surface area contributed by atoms with Gasteiger partial charge in [-0.15, -0.1) is 0 Å². The molecule has 1 unspecified atom stereocenters. The molecule has 1 aliphatic rings. The first-order valence-electron chi connectivity index (χ1n) is 7.96. The second-order valence-corrected chi connectivity index (χ2v) is 7.13. The maximum absolute atomic E-state index is 13.6. The molecule has 2 aromatic rings. The van der Waals surface area contributed by atoms with Crippen molar-refractivity contribution in [1.29, 1.82) is 0 Å². The number of alkyl halides is 3. The predicted octanol–water partition coefficient (Wildman–Crippen LogP) is 3.73. The van der Waals surface area contributed by atoms with Gasteiger partial charge < -0.3 is 11.5 Å². The third-order valence-electron chi connectivity index (χ3n) is 4.46. The van der Waals surface area contributed by atoms with Crippen LogP contribution in [-0.4, -0.2) is 10.9 Å². The van der Waals surface area contributed by atoms with Crippen LogP contribution in [0.5, 0.6) is 0 Å². The van der Waals surface area contributed by atoms with Crippen LogP contribution in [0.2, 0.25) is 0 Å². The minimum Gasteiger partial charge on any atom is -0.370 e. The summed E-state index contributed by atoms with van der Waals surface area (Å²) in [5, 5.41) is 0.498. The first kappa shape index (κ1) is 17.7. The van der Waals surface area contributed by atoms with Crippen molar-refractivity contribution >= 4 is 22.4 Å². The van der Waals surface area contributed by atoms with E-state index in [9.17, 15) is 13.2 Å². The molecule has 25 heavy (non-hydrogen) atoms. The normalized spacial score (nSPS) is 16.5. The van der Waals surface area contributed by atoms with E-state index in [2.05, 4.69) is 9.98 Å². The fourth-order valence-electron chi connectivity index (χ4n) is 3.33. The highest BCUT2D eigenvalue weighted by Crippen LogP contribution is 2.40. The zero-order valence-corrected chi connectivity index (χ0v) is 14.4. The van der Waals surface area contributed by atoms with Crippen molar-refractivity contribution in [3.05, 3.63) is 45.0 Å². The molecule has 1 heterocycles. The van der Waals surface area contributed by atoms with Crippen LogP contribution < -0.4 is 11.5 Å². The largest absolute Gasteiger partial charge is 0.370 e. The monoisotopic (exact) mass is 368 g/mol. The summed E-state index contributed by atoms with van der Waals surface area (Å²) in [6.45, 7) is -2.25. The van der Waals surface area contributed by atoms with Crippen LogP contribution in [0.25, 0.3) is 0 Å². The smallest absolute Gasteiger partial charge is 0.212 e. The Kier molecular flexibility index (Phi) is 5.27. The molecule has 134 valence electrons. The SMILES string of the molecule is NC(N)=Nc1nc2c(s1)CC(c1cc(CF)cc(CF)c1CF)CC2. The maximum atomic E-state index is 13.6. The van der Waals surface area contributed by atoms with E-state index in [0.29, 0.717) is 34.7 Å². The number of rotatable bonds is 5. The van der Waals surface area contributed by atoms with Crippen LogP contribution in [0.15, 0.2) is 17.1 Å². The molecule has 3 rings (SSSR count). The molecule has 4 N–H and O–H groups in total. The van der Waals surface area contributed by atoms with Crippen molar-refractivity contribution < 1.29 is 13.2 Å². The number of thiazole rings is 1. The first-order valence-corrected chi connectivity index (χ1v) is 8.78. The molecular weight excluding hydrogens is 349 g/mol. The lowest BCUT2D eigenvalue weighted by Gasteiger charge is -2.25. The van der Waals surface area contributed by atoms with E-state index in [1.807, 2.05) is 0 Å². The van der Waals surface area contributed by atoms with Crippen LogP contribution in [0.3, 0.4) is 0 Å². The Morgan fingerprint density at radius 1 is 1.20 bits per heavy atom. The van der Waals surface area contributed by atoms with Gasteiger partial charge in [0.1, 0.15) is 20.0 Å². The molecule has 4 nitrogen and oxygen atoms in total. The summed E-state index contributed by atoms with van der Waals surface area (Å²) < 4.78 is 39.9. The fourth-order valence-corrected chi connectivity index (χ4v) is 4.41. The molecule has 1 aromatic heterocycles. The zero-order chi connectivity index (χ0) is 18.0. The van der Waals surface area contributed by atoms with E-state index in [-0.39, 0.29) is 17.4 Å². The Balaban J connectivity index is 1.96. The molecule has 1 atom stereocenters. The number of aryl methyl sites for hydroxylation is 1. The highest BCUT2D eigenvalue weighted by molar-refractivity contribution is 7.15. The Hall–Kier alpha value is -2.09. The number of hydrogen-bond donors (Lipinski definition) is 2. The number of benzene rings is 1. The first-order chi connectivity index (χ1) is 12.0. The molecule has 0 saturated heterocycles. The van der Waals surface area contributed by atoms with Crippen LogP contribution in [0.4, 0.5) is 18.3 Å². The van der Waals surface area contributed by atoms with Gasteiger partial charge in [-0.1, -0.05) is 23.5 Å². The molecule has 0 bridgehead atoms. The topological polar surface area (TPSA) is 77.3 Å². The van der Waals surface area contributed by atoms with Gasteiger partial charge in [-0.2, -0.15) is 4.99 Å². The third-order valence-corrected chi connectivity index (χ3v) is 5.48. The molecule has 0 radical (unpaired) electrons. The van der Waals surface area contributed by atoms with Gasteiger partial charge in [0.25, 0.3) is 0 Å². The van der Waals surface area contributed by atoms with Crippen molar-refractivity contribution in [3.63, 3.8) is 0 Å². The van der Waals surface area contributed by atoms with Crippen LogP contribution in [-0.2, 0) is 32.9 Å². The summed E-state index contributed by atoms with van der Waals surface area (Å²) in [5.74, 6) is -0.0480. The van der Waals surface area contributed by atoms with E-state index < -0.39 is 20.0 Å². The predicted molar refractivity (Wildman–Crippen MR) is 93.2 cm³/mol. The van der Waals surface area contributed by atoms with E-state index in [4.69, 9.17) is 11.5 Å². The van der Waals surface area contributed by atoms with Gasteiger partial charge in [-0.3, -0.25) is 0 Å². The summed E-state index contributed by atoms with van der Waals surface area (Å²) in [6, 6.07) is 3.08. The average molecular weight is 368 g/mol. The van der Waals surface area contributed by atoms with E-state index in [0.717, 1.165) is 17.0 Å². The average Bonchev–Trinajstić information content (AvgIpc) is 3.00. The van der Waals surface area contributed by atoms with Crippen LogP contribution in [0, 0.1) is 0 Å². The highest BCUT2D eigenvalue weighted by Gasteiger charge is 2.26. The van der Waals surface area contributed by atoms with E-state index in [1.54, 1.807) is 6.07 Å². The van der Waals surface area contributed by atoms with Crippen molar-refractivity contribution in [2.24, 2.45) is 16.5 Å². The molecule has 1 aromatic carbocycles. The molecule has 0 aliphatic heterocycles. The quantitative estimate of drug-likeness (QED) is 0.624. The zero-order valence-electron chi connectivity index (χ0n) is 13.6. The van der Waals surface area contributed by atoms with Gasteiger partial charge in [-0.25, -0.2) is 18.2 Å². The number of guanidine groups is 1. The molecule has 0 spiro atoms. The molecule has 0 amide bonds. The minimum absolute atomic E-state index is 0.00236. The summed E-state index contributed by atoms with van der Waals surface area (Å²) in [7, 11) is 0. The molecule has 0 saturated carbocycles. The lowest BCUT2D eigenvalue weighted by molar-refractivity contribution is 0.443. The summed E-state index contributed by atoms with van der Waals surface area (Å²) in [6.07, 6.45) is 2.08. The second-order valence-electron chi connectivity index (χ2n) is 6.07. The van der Waals surface area contributed by atoms with Crippen molar-refractivity contribution in [3.8, 4) is 0 Å². The highest BCUT2D eigenvalue weighted by atomic mass is 32.1. The maximum Gasteiger partial charge on any atom is 0.212 e. The van der Waals surface area contributed by atoms with Crippen LogP contribution >= 0.6 is 11.3 Å². The lowest BCUT2D eigenvalue weighted by Crippen LogP contribution is -2.21. The number of fused-ring (bicyclic) bond motifs is 1. The molecule has 8 heteroatoms. The number of halogens is 3. The van der Waals surface area contributed by atoms with Crippen LogP contribution in [0.1, 0.15) is 45.2 Å². The van der Waals surface area contributed by atoms with E-state index in [1.165, 1.54) is 17.4 Å². The third kappa shape index (κ3) is 3.63. The van der Waals surface area contributed by atoms with Crippen molar-refractivity contribution in [1.82, 2.24) is 4.98 Å².